The van der Waals surface area contributed by atoms with Crippen LogP contribution in [0.1, 0.15) is 25.1 Å². The summed E-state index contributed by atoms with van der Waals surface area (Å²) in [4.78, 5) is 28.6. The Labute approximate surface area is 137 Å². The minimum absolute atomic E-state index is 0.109. The standard InChI is InChI=1S/C16H18N4O4/c1-3-8-19-12-6-4-5-7-13(12)20(16(19)22)9-15(21)23-10-14-17-11(2)18-24-14/h4-7H,3,8-10H2,1-2H3. The lowest BCUT2D eigenvalue weighted by atomic mass is 10.3. The van der Waals surface area contributed by atoms with Crippen molar-refractivity contribution in [3.05, 3.63) is 46.5 Å². The number of para-hydroxylation sites is 2. The number of aromatic nitrogens is 4. The molecule has 8 nitrogen and oxygen atoms in total. The number of hydrogen-bond donors (Lipinski definition) is 0. The Morgan fingerprint density at radius 3 is 2.58 bits per heavy atom. The number of benzene rings is 1. The summed E-state index contributed by atoms with van der Waals surface area (Å²) >= 11 is 0. The van der Waals surface area contributed by atoms with Crippen molar-refractivity contribution in [3.8, 4) is 0 Å². The van der Waals surface area contributed by atoms with Gasteiger partial charge in [-0.05, 0) is 25.5 Å². The Morgan fingerprint density at radius 1 is 1.25 bits per heavy atom. The molecule has 0 unspecified atom stereocenters. The van der Waals surface area contributed by atoms with Gasteiger partial charge in [0.2, 0.25) is 0 Å². The van der Waals surface area contributed by atoms with Crippen LogP contribution in [-0.4, -0.2) is 25.2 Å². The minimum Gasteiger partial charge on any atom is -0.454 e. The van der Waals surface area contributed by atoms with E-state index in [9.17, 15) is 9.59 Å². The topological polar surface area (TPSA) is 92.2 Å². The monoisotopic (exact) mass is 330 g/mol. The van der Waals surface area contributed by atoms with Crippen LogP contribution in [0.4, 0.5) is 0 Å². The fraction of sp³-hybridized carbons (Fsp3) is 0.375. The smallest absolute Gasteiger partial charge is 0.329 e. The predicted molar refractivity (Wildman–Crippen MR) is 85.3 cm³/mol. The van der Waals surface area contributed by atoms with Gasteiger partial charge in [-0.15, -0.1) is 0 Å². The molecule has 8 heteroatoms. The number of ether oxygens (including phenoxy) is 1. The lowest BCUT2D eigenvalue weighted by Gasteiger charge is -2.03. The van der Waals surface area contributed by atoms with Crippen molar-refractivity contribution in [3.63, 3.8) is 0 Å². The van der Waals surface area contributed by atoms with Crippen molar-refractivity contribution < 1.29 is 14.1 Å². The van der Waals surface area contributed by atoms with Gasteiger partial charge in [0, 0.05) is 6.54 Å². The van der Waals surface area contributed by atoms with Crippen molar-refractivity contribution >= 4 is 17.0 Å². The first-order chi connectivity index (χ1) is 11.6. The Morgan fingerprint density at radius 2 is 1.96 bits per heavy atom. The zero-order valence-electron chi connectivity index (χ0n) is 13.6. The van der Waals surface area contributed by atoms with E-state index in [-0.39, 0.29) is 24.7 Å². The summed E-state index contributed by atoms with van der Waals surface area (Å²) in [5.41, 5.74) is 1.30. The van der Waals surface area contributed by atoms with E-state index in [1.54, 1.807) is 11.5 Å². The van der Waals surface area contributed by atoms with Crippen molar-refractivity contribution in [2.75, 3.05) is 0 Å². The largest absolute Gasteiger partial charge is 0.454 e. The molecule has 2 heterocycles. The number of nitrogens with zero attached hydrogens (tertiary/aromatic N) is 4. The van der Waals surface area contributed by atoms with Gasteiger partial charge in [0.05, 0.1) is 11.0 Å². The number of carbonyl (C=O) groups excluding carboxylic acids is 1. The summed E-state index contributed by atoms with van der Waals surface area (Å²) in [5, 5.41) is 3.62. The summed E-state index contributed by atoms with van der Waals surface area (Å²) in [6.45, 7) is 4.00. The molecule has 2 aromatic heterocycles. The van der Waals surface area contributed by atoms with E-state index in [0.29, 0.717) is 17.9 Å². The van der Waals surface area contributed by atoms with E-state index in [1.165, 1.54) is 4.57 Å². The first-order valence-corrected chi connectivity index (χ1v) is 7.73. The van der Waals surface area contributed by atoms with Gasteiger partial charge in [0.1, 0.15) is 6.54 Å². The number of fused-ring (bicyclic) bond motifs is 1. The van der Waals surface area contributed by atoms with Crippen LogP contribution >= 0.6 is 0 Å². The molecule has 0 bridgehead atoms. The molecule has 0 saturated carbocycles. The second-order valence-electron chi connectivity index (χ2n) is 5.41. The maximum absolute atomic E-state index is 12.6. The van der Waals surface area contributed by atoms with Gasteiger partial charge in [-0.1, -0.05) is 24.2 Å². The number of rotatable bonds is 6. The molecule has 3 rings (SSSR count). The van der Waals surface area contributed by atoms with Crippen molar-refractivity contribution in [1.82, 2.24) is 19.3 Å². The molecule has 0 fully saturated rings. The highest BCUT2D eigenvalue weighted by atomic mass is 16.6. The molecule has 0 aliphatic carbocycles. The Kier molecular flexibility index (Phi) is 4.45. The maximum Gasteiger partial charge on any atom is 0.329 e. The van der Waals surface area contributed by atoms with Crippen LogP contribution in [0.5, 0.6) is 0 Å². The minimum atomic E-state index is -0.535. The van der Waals surface area contributed by atoms with E-state index in [0.717, 1.165) is 11.9 Å². The molecule has 126 valence electrons. The van der Waals surface area contributed by atoms with E-state index in [2.05, 4.69) is 10.1 Å². The molecular formula is C16H18N4O4. The third-order valence-electron chi connectivity index (χ3n) is 3.59. The second-order valence-corrected chi connectivity index (χ2v) is 5.41. The Balaban J connectivity index is 1.80. The highest BCUT2D eigenvalue weighted by Crippen LogP contribution is 2.13. The second kappa shape index (κ2) is 6.69. The zero-order chi connectivity index (χ0) is 17.1. The number of esters is 1. The zero-order valence-corrected chi connectivity index (χ0v) is 13.6. The third-order valence-corrected chi connectivity index (χ3v) is 3.59. The fourth-order valence-electron chi connectivity index (χ4n) is 2.58. The fourth-order valence-corrected chi connectivity index (χ4v) is 2.58. The van der Waals surface area contributed by atoms with Crippen molar-refractivity contribution in [2.45, 2.75) is 40.0 Å². The van der Waals surface area contributed by atoms with Gasteiger partial charge < -0.3 is 9.26 Å². The molecule has 0 N–H and O–H groups in total. The molecule has 0 atom stereocenters. The van der Waals surface area contributed by atoms with E-state index >= 15 is 0 Å². The summed E-state index contributed by atoms with van der Waals surface area (Å²) in [7, 11) is 0. The van der Waals surface area contributed by atoms with Crippen LogP contribution in [0, 0.1) is 6.92 Å². The first-order valence-electron chi connectivity index (χ1n) is 7.73. The lowest BCUT2D eigenvalue weighted by Crippen LogP contribution is -2.27. The summed E-state index contributed by atoms with van der Waals surface area (Å²) in [6, 6.07) is 7.39. The number of imidazole rings is 1. The van der Waals surface area contributed by atoms with Crippen molar-refractivity contribution in [2.24, 2.45) is 0 Å². The maximum atomic E-state index is 12.6. The molecule has 0 radical (unpaired) electrons. The van der Waals surface area contributed by atoms with Crippen LogP contribution in [-0.2, 0) is 29.2 Å². The SMILES string of the molecule is CCCn1c(=O)n(CC(=O)OCc2nc(C)no2)c2ccccc21. The van der Waals surface area contributed by atoms with Crippen LogP contribution in [0.3, 0.4) is 0 Å². The van der Waals surface area contributed by atoms with Gasteiger partial charge >= 0.3 is 11.7 Å². The van der Waals surface area contributed by atoms with Gasteiger partial charge in [-0.2, -0.15) is 4.98 Å². The quantitative estimate of drug-likeness (QED) is 0.638. The molecule has 0 spiro atoms. The van der Waals surface area contributed by atoms with Crippen molar-refractivity contribution in [1.29, 1.82) is 0 Å². The number of hydrogen-bond acceptors (Lipinski definition) is 6. The highest BCUT2D eigenvalue weighted by Gasteiger charge is 2.16. The third kappa shape index (κ3) is 3.08. The van der Waals surface area contributed by atoms with Gasteiger partial charge in [0.15, 0.2) is 12.4 Å². The number of aryl methyl sites for hydroxylation is 2. The number of carbonyl (C=O) groups is 1. The van der Waals surface area contributed by atoms with Gasteiger partial charge in [0.25, 0.3) is 5.89 Å². The average molecular weight is 330 g/mol. The van der Waals surface area contributed by atoms with E-state index in [1.807, 2.05) is 31.2 Å². The normalized spacial score (nSPS) is 11.1. The molecular weight excluding hydrogens is 312 g/mol. The van der Waals surface area contributed by atoms with E-state index in [4.69, 9.17) is 9.26 Å². The van der Waals surface area contributed by atoms with E-state index < -0.39 is 5.97 Å². The van der Waals surface area contributed by atoms with Crippen LogP contribution < -0.4 is 5.69 Å². The van der Waals surface area contributed by atoms with Crippen LogP contribution in [0.25, 0.3) is 11.0 Å². The summed E-state index contributed by atoms with van der Waals surface area (Å²) in [5.74, 6) is 0.161. The van der Waals surface area contributed by atoms with Gasteiger partial charge in [-0.25, -0.2) is 4.79 Å². The molecule has 24 heavy (non-hydrogen) atoms. The Bertz CT molecular complexity index is 922. The molecule has 0 aliphatic heterocycles. The molecule has 0 saturated heterocycles. The van der Waals surface area contributed by atoms with Gasteiger partial charge in [-0.3, -0.25) is 13.9 Å². The average Bonchev–Trinajstić information content (AvgIpc) is 3.10. The van der Waals surface area contributed by atoms with Crippen LogP contribution in [0.15, 0.2) is 33.6 Å². The highest BCUT2D eigenvalue weighted by molar-refractivity contribution is 5.78. The summed E-state index contributed by atoms with van der Waals surface area (Å²) < 4.78 is 13.1. The lowest BCUT2D eigenvalue weighted by molar-refractivity contribution is -0.146. The molecule has 1 aromatic carbocycles. The predicted octanol–water partition coefficient (Wildman–Crippen LogP) is 1.65. The summed E-state index contributed by atoms with van der Waals surface area (Å²) in [6.07, 6.45) is 0.828. The Hall–Kier alpha value is -2.90. The van der Waals surface area contributed by atoms with Crippen LogP contribution in [0.2, 0.25) is 0 Å². The molecule has 0 amide bonds. The first kappa shape index (κ1) is 16.0. The molecule has 0 aliphatic rings. The molecule has 3 aromatic rings.